The average Bonchev–Trinajstić information content (AvgIpc) is 2.53. The third-order valence-electron chi connectivity index (χ3n) is 4.01. The zero-order valence-corrected chi connectivity index (χ0v) is 13.2. The van der Waals surface area contributed by atoms with Gasteiger partial charge in [-0.3, -0.25) is 0 Å². The Hall–Kier alpha value is -1.56. The Kier molecular flexibility index (Phi) is 5.00. The molecule has 0 heteroatoms. The van der Waals surface area contributed by atoms with Gasteiger partial charge >= 0.3 is 0 Å². The Morgan fingerprint density at radius 2 is 1.40 bits per heavy atom. The van der Waals surface area contributed by atoms with Gasteiger partial charge in [-0.25, -0.2) is 0 Å². The van der Waals surface area contributed by atoms with Crippen LogP contribution in [0.3, 0.4) is 0 Å². The van der Waals surface area contributed by atoms with Crippen molar-refractivity contribution in [2.24, 2.45) is 0 Å². The smallest absolute Gasteiger partial charge is 0.0114 e. The molecule has 2 aromatic rings. The van der Waals surface area contributed by atoms with E-state index in [0.717, 1.165) is 25.7 Å². The fourth-order valence-corrected chi connectivity index (χ4v) is 2.67. The van der Waals surface area contributed by atoms with E-state index in [2.05, 4.69) is 64.1 Å². The summed E-state index contributed by atoms with van der Waals surface area (Å²) in [6.45, 7) is 8.87. The largest absolute Gasteiger partial charge is 0.0613 e. The molecule has 0 saturated heterocycles. The van der Waals surface area contributed by atoms with Crippen LogP contribution in [0.2, 0.25) is 0 Å². The fraction of sp³-hybridized carbons (Fsp3) is 0.400. The van der Waals surface area contributed by atoms with Crippen LogP contribution in [0.5, 0.6) is 0 Å². The van der Waals surface area contributed by atoms with Crippen molar-refractivity contribution in [1.82, 2.24) is 0 Å². The molecule has 1 radical (unpaired) electrons. The van der Waals surface area contributed by atoms with Gasteiger partial charge < -0.3 is 0 Å². The zero-order valence-electron chi connectivity index (χ0n) is 13.2. The summed E-state index contributed by atoms with van der Waals surface area (Å²) < 4.78 is 0. The lowest BCUT2D eigenvalue weighted by atomic mass is 9.92. The lowest BCUT2D eigenvalue weighted by Gasteiger charge is -2.13. The van der Waals surface area contributed by atoms with Crippen LogP contribution in [0.25, 0.3) is 11.1 Å². The quantitative estimate of drug-likeness (QED) is 0.678. The number of hydrogen-bond acceptors (Lipinski definition) is 0. The van der Waals surface area contributed by atoms with Crippen molar-refractivity contribution in [3.63, 3.8) is 0 Å². The Labute approximate surface area is 123 Å². The van der Waals surface area contributed by atoms with Crippen LogP contribution in [-0.2, 0) is 25.7 Å². The molecule has 0 spiro atoms. The summed E-state index contributed by atoms with van der Waals surface area (Å²) >= 11 is 0. The minimum atomic E-state index is 1.05. The van der Waals surface area contributed by atoms with Crippen molar-refractivity contribution in [2.75, 3.05) is 0 Å². The van der Waals surface area contributed by atoms with Crippen LogP contribution in [0, 0.1) is 6.07 Å². The van der Waals surface area contributed by atoms with E-state index in [1.54, 1.807) is 0 Å². The Balaban J connectivity index is 2.55. The van der Waals surface area contributed by atoms with Gasteiger partial charge in [0.25, 0.3) is 0 Å². The van der Waals surface area contributed by atoms with Crippen LogP contribution in [0.1, 0.15) is 49.9 Å². The van der Waals surface area contributed by atoms with E-state index in [1.807, 2.05) is 0 Å². The summed E-state index contributed by atoms with van der Waals surface area (Å²) in [4.78, 5) is 0. The number of hydrogen-bond donors (Lipinski definition) is 0. The van der Waals surface area contributed by atoms with Crippen molar-refractivity contribution in [1.29, 1.82) is 0 Å². The minimum absolute atomic E-state index is 1.05. The predicted molar refractivity (Wildman–Crippen MR) is 88.2 cm³/mol. The molecule has 20 heavy (non-hydrogen) atoms. The molecule has 0 fully saturated rings. The van der Waals surface area contributed by atoms with Crippen molar-refractivity contribution in [3.8, 4) is 11.1 Å². The van der Waals surface area contributed by atoms with E-state index in [1.165, 1.54) is 33.4 Å². The molecule has 2 rings (SSSR count). The van der Waals surface area contributed by atoms with E-state index in [4.69, 9.17) is 0 Å². The van der Waals surface area contributed by atoms with Gasteiger partial charge in [-0.2, -0.15) is 0 Å². The molecule has 0 atom stereocenters. The first-order valence-electron chi connectivity index (χ1n) is 7.89. The Morgan fingerprint density at radius 1 is 0.750 bits per heavy atom. The molecule has 0 aliphatic rings. The lowest BCUT2D eigenvalue weighted by molar-refractivity contribution is 1.07. The van der Waals surface area contributed by atoms with Crippen LogP contribution in [0.4, 0.5) is 0 Å². The molecule has 0 nitrogen and oxygen atoms in total. The van der Waals surface area contributed by atoms with Gasteiger partial charge in [-0.15, -0.1) is 0 Å². The minimum Gasteiger partial charge on any atom is -0.0613 e. The first-order chi connectivity index (χ1) is 9.71. The van der Waals surface area contributed by atoms with Gasteiger partial charge in [0.05, 0.1) is 0 Å². The van der Waals surface area contributed by atoms with Crippen molar-refractivity contribution < 1.29 is 0 Å². The van der Waals surface area contributed by atoms with Gasteiger partial charge in [0, 0.05) is 0 Å². The molecule has 0 amide bonds. The zero-order chi connectivity index (χ0) is 14.5. The molecule has 0 N–H and O–H groups in total. The highest BCUT2D eigenvalue weighted by molar-refractivity contribution is 5.69. The molecule has 2 aromatic carbocycles. The lowest BCUT2D eigenvalue weighted by Crippen LogP contribution is -1.94. The van der Waals surface area contributed by atoms with Gasteiger partial charge in [-0.05, 0) is 65.1 Å². The highest BCUT2D eigenvalue weighted by atomic mass is 14.1. The monoisotopic (exact) mass is 265 g/mol. The molecule has 0 aliphatic carbocycles. The second-order valence-corrected chi connectivity index (χ2v) is 5.33. The van der Waals surface area contributed by atoms with Gasteiger partial charge in [0.15, 0.2) is 0 Å². The molecule has 0 saturated carbocycles. The number of rotatable bonds is 5. The fourth-order valence-electron chi connectivity index (χ4n) is 2.67. The van der Waals surface area contributed by atoms with Crippen molar-refractivity contribution in [2.45, 2.75) is 53.4 Å². The second-order valence-electron chi connectivity index (χ2n) is 5.33. The summed E-state index contributed by atoms with van der Waals surface area (Å²) in [5.74, 6) is 0. The highest BCUT2D eigenvalue weighted by Crippen LogP contribution is 2.28. The molecular formula is C20H25. The Bertz CT molecular complexity index is 556. The molecule has 0 bridgehead atoms. The molecule has 0 aliphatic heterocycles. The third kappa shape index (κ3) is 3.12. The van der Waals surface area contributed by atoms with Crippen molar-refractivity contribution >= 4 is 0 Å². The number of benzene rings is 2. The number of aryl methyl sites for hydroxylation is 4. The van der Waals surface area contributed by atoms with Crippen LogP contribution in [0.15, 0.2) is 30.3 Å². The standard InChI is InChI=1S/C20H25/c1-5-15-9-10-20(18(8-4)12-15)19-13-16(6-2)11-17(7-3)14-19/h9-10,12-14H,5-8H2,1-4H3. The van der Waals surface area contributed by atoms with E-state index in [-0.39, 0.29) is 0 Å². The highest BCUT2D eigenvalue weighted by Gasteiger charge is 2.07. The molecular weight excluding hydrogens is 240 g/mol. The second kappa shape index (κ2) is 6.74. The van der Waals surface area contributed by atoms with Gasteiger partial charge in [0.1, 0.15) is 0 Å². The summed E-state index contributed by atoms with van der Waals surface area (Å²) in [6.07, 6.45) is 4.30. The first-order valence-corrected chi connectivity index (χ1v) is 7.89. The van der Waals surface area contributed by atoms with Crippen LogP contribution >= 0.6 is 0 Å². The molecule has 0 aromatic heterocycles. The van der Waals surface area contributed by atoms with Gasteiger partial charge in [-0.1, -0.05) is 58.0 Å². The maximum Gasteiger partial charge on any atom is -0.0114 e. The van der Waals surface area contributed by atoms with E-state index in [0.29, 0.717) is 0 Å². The third-order valence-corrected chi connectivity index (χ3v) is 4.01. The first kappa shape index (κ1) is 14.8. The maximum atomic E-state index is 3.51. The summed E-state index contributed by atoms with van der Waals surface area (Å²) in [5.41, 5.74) is 8.28. The average molecular weight is 265 g/mol. The molecule has 0 heterocycles. The van der Waals surface area contributed by atoms with E-state index >= 15 is 0 Å². The van der Waals surface area contributed by atoms with Gasteiger partial charge in [0.2, 0.25) is 0 Å². The molecule has 0 unspecified atom stereocenters. The Morgan fingerprint density at radius 3 is 1.90 bits per heavy atom. The predicted octanol–water partition coefficient (Wildman–Crippen LogP) is 5.40. The van der Waals surface area contributed by atoms with E-state index in [9.17, 15) is 0 Å². The van der Waals surface area contributed by atoms with E-state index < -0.39 is 0 Å². The summed E-state index contributed by atoms with van der Waals surface area (Å²) in [6, 6.07) is 15.1. The van der Waals surface area contributed by atoms with Crippen LogP contribution in [-0.4, -0.2) is 0 Å². The van der Waals surface area contributed by atoms with Crippen molar-refractivity contribution in [3.05, 3.63) is 58.7 Å². The summed E-state index contributed by atoms with van der Waals surface area (Å²) in [7, 11) is 0. The van der Waals surface area contributed by atoms with Crippen LogP contribution < -0.4 is 0 Å². The maximum absolute atomic E-state index is 3.51. The SMILES string of the molecule is CCc1[c]c(CC)cc(-c2ccc(CC)cc2CC)c1. The summed E-state index contributed by atoms with van der Waals surface area (Å²) in [5, 5.41) is 0. The molecule has 105 valence electrons. The normalized spacial score (nSPS) is 10.8. The topological polar surface area (TPSA) is 0 Å².